The number of anilines is 1. The largest absolute Gasteiger partial charge is 0.497 e. The summed E-state index contributed by atoms with van der Waals surface area (Å²) in [5.74, 6) is 0.235. The van der Waals surface area contributed by atoms with Gasteiger partial charge in [0.15, 0.2) is 0 Å². The molecule has 0 unspecified atom stereocenters. The highest BCUT2D eigenvalue weighted by atomic mass is 32.2. The number of rotatable bonds is 12. The average molecular weight is 532 g/mol. The first-order valence-electron chi connectivity index (χ1n) is 12.5. The van der Waals surface area contributed by atoms with Crippen molar-refractivity contribution in [2.75, 3.05) is 24.2 Å². The maximum Gasteiger partial charge on any atom is 0.243 e. The van der Waals surface area contributed by atoms with E-state index < -0.39 is 21.6 Å². The fourth-order valence-electron chi connectivity index (χ4n) is 4.05. The standard InChI is InChI=1S/C28H41N3O5S/c1-8-25(27(33)29-28(3,4)5)30(20-22-11-9-12-24(19-22)36-6)26(32)13-10-18-31(37(7,34)35)23-16-14-21(2)15-17-23/h9,11-12,14-17,19,25H,8,10,13,18,20H2,1-7H3,(H,29,33)/t25-/m0/s1. The number of aryl methyl sites for hydroxylation is 1. The lowest BCUT2D eigenvalue weighted by Crippen LogP contribution is -2.53. The zero-order valence-electron chi connectivity index (χ0n) is 23.1. The minimum absolute atomic E-state index is 0.0984. The molecule has 0 fully saturated rings. The van der Waals surface area contributed by atoms with Gasteiger partial charge < -0.3 is 15.0 Å². The highest BCUT2D eigenvalue weighted by Crippen LogP contribution is 2.21. The van der Waals surface area contributed by atoms with Crippen LogP contribution in [0.15, 0.2) is 48.5 Å². The summed E-state index contributed by atoms with van der Waals surface area (Å²) >= 11 is 0. The van der Waals surface area contributed by atoms with E-state index in [1.165, 1.54) is 4.31 Å². The Labute approximate surface area is 222 Å². The van der Waals surface area contributed by atoms with Crippen LogP contribution in [0.3, 0.4) is 0 Å². The second-order valence-corrected chi connectivity index (χ2v) is 12.2. The van der Waals surface area contributed by atoms with Gasteiger partial charge in [0.05, 0.1) is 19.1 Å². The van der Waals surface area contributed by atoms with Crippen LogP contribution in [0.25, 0.3) is 0 Å². The van der Waals surface area contributed by atoms with Crippen molar-refractivity contribution in [1.29, 1.82) is 0 Å². The fraction of sp³-hybridized carbons (Fsp3) is 0.500. The molecule has 0 aromatic heterocycles. The van der Waals surface area contributed by atoms with Crippen LogP contribution in [-0.2, 0) is 26.2 Å². The summed E-state index contributed by atoms with van der Waals surface area (Å²) in [7, 11) is -1.95. The topological polar surface area (TPSA) is 96.0 Å². The van der Waals surface area contributed by atoms with Crippen molar-refractivity contribution in [3.63, 3.8) is 0 Å². The third-order valence-electron chi connectivity index (χ3n) is 5.85. The third-order valence-corrected chi connectivity index (χ3v) is 7.04. The first-order valence-corrected chi connectivity index (χ1v) is 14.4. The molecule has 2 rings (SSSR count). The quantitative estimate of drug-likeness (QED) is 0.441. The van der Waals surface area contributed by atoms with Crippen LogP contribution in [0, 0.1) is 6.92 Å². The van der Waals surface area contributed by atoms with E-state index in [-0.39, 0.29) is 31.3 Å². The molecule has 0 heterocycles. The molecule has 8 nitrogen and oxygen atoms in total. The molecule has 0 aliphatic rings. The molecule has 0 aliphatic heterocycles. The number of hydrogen-bond acceptors (Lipinski definition) is 5. The van der Waals surface area contributed by atoms with Crippen LogP contribution in [0.1, 0.15) is 58.1 Å². The number of carbonyl (C=O) groups excluding carboxylic acids is 2. The monoisotopic (exact) mass is 531 g/mol. The molecule has 0 saturated heterocycles. The van der Waals surface area contributed by atoms with Crippen LogP contribution in [-0.4, -0.2) is 56.6 Å². The van der Waals surface area contributed by atoms with Gasteiger partial charge in [0.1, 0.15) is 11.8 Å². The molecule has 37 heavy (non-hydrogen) atoms. The number of methoxy groups -OCH3 is 1. The highest BCUT2D eigenvalue weighted by molar-refractivity contribution is 7.92. The van der Waals surface area contributed by atoms with Gasteiger partial charge >= 0.3 is 0 Å². The Balaban J connectivity index is 2.25. The summed E-state index contributed by atoms with van der Waals surface area (Å²) in [6, 6.07) is 14.0. The van der Waals surface area contributed by atoms with Gasteiger partial charge in [-0.15, -0.1) is 0 Å². The molecule has 1 atom stereocenters. The summed E-state index contributed by atoms with van der Waals surface area (Å²) in [6.45, 7) is 9.90. The maximum atomic E-state index is 13.5. The van der Waals surface area contributed by atoms with Crippen LogP contribution < -0.4 is 14.4 Å². The van der Waals surface area contributed by atoms with Gasteiger partial charge in [0, 0.05) is 25.0 Å². The smallest absolute Gasteiger partial charge is 0.243 e. The third kappa shape index (κ3) is 9.39. The first-order chi connectivity index (χ1) is 17.2. The van der Waals surface area contributed by atoms with Gasteiger partial charge in [-0.25, -0.2) is 8.42 Å². The van der Waals surface area contributed by atoms with Crippen molar-refractivity contribution in [2.45, 2.75) is 72.0 Å². The predicted molar refractivity (Wildman–Crippen MR) is 148 cm³/mol. The summed E-state index contributed by atoms with van der Waals surface area (Å²) in [6.07, 6.45) is 2.01. The summed E-state index contributed by atoms with van der Waals surface area (Å²) in [5, 5.41) is 2.99. The molecule has 0 aliphatic carbocycles. The van der Waals surface area contributed by atoms with Crippen LogP contribution in [0.4, 0.5) is 5.69 Å². The van der Waals surface area contributed by atoms with E-state index in [0.29, 0.717) is 24.3 Å². The van der Waals surface area contributed by atoms with Crippen LogP contribution in [0.5, 0.6) is 5.75 Å². The second-order valence-electron chi connectivity index (χ2n) is 10.3. The molecular weight excluding hydrogens is 490 g/mol. The number of nitrogens with zero attached hydrogens (tertiary/aromatic N) is 2. The molecule has 2 aromatic rings. The van der Waals surface area contributed by atoms with E-state index in [4.69, 9.17) is 4.74 Å². The Bertz CT molecular complexity index is 1160. The summed E-state index contributed by atoms with van der Waals surface area (Å²) < 4.78 is 31.6. The van der Waals surface area contributed by atoms with E-state index in [0.717, 1.165) is 17.4 Å². The van der Waals surface area contributed by atoms with Gasteiger partial charge in [-0.3, -0.25) is 13.9 Å². The van der Waals surface area contributed by atoms with E-state index in [9.17, 15) is 18.0 Å². The number of benzene rings is 2. The lowest BCUT2D eigenvalue weighted by Gasteiger charge is -2.33. The zero-order valence-corrected chi connectivity index (χ0v) is 23.9. The Kier molecular flexibility index (Phi) is 10.5. The Morgan fingerprint density at radius 1 is 1.08 bits per heavy atom. The molecule has 0 saturated carbocycles. The molecule has 0 bridgehead atoms. The van der Waals surface area contributed by atoms with Crippen molar-refractivity contribution in [3.8, 4) is 5.75 Å². The van der Waals surface area contributed by atoms with Crippen molar-refractivity contribution in [1.82, 2.24) is 10.2 Å². The minimum atomic E-state index is -3.53. The fourth-order valence-corrected chi connectivity index (χ4v) is 5.02. The molecule has 2 amide bonds. The Hall–Kier alpha value is -3.07. The molecular formula is C28H41N3O5S. The molecule has 204 valence electrons. The second kappa shape index (κ2) is 12.9. The predicted octanol–water partition coefficient (Wildman–Crippen LogP) is 4.27. The van der Waals surface area contributed by atoms with Crippen LogP contribution >= 0.6 is 0 Å². The van der Waals surface area contributed by atoms with Gasteiger partial charge in [-0.2, -0.15) is 0 Å². The summed E-state index contributed by atoms with van der Waals surface area (Å²) in [5.41, 5.74) is 1.98. The number of sulfonamides is 1. The van der Waals surface area contributed by atoms with Gasteiger partial charge in [0.2, 0.25) is 21.8 Å². The van der Waals surface area contributed by atoms with Crippen molar-refractivity contribution in [3.05, 3.63) is 59.7 Å². The maximum absolute atomic E-state index is 13.5. The Morgan fingerprint density at radius 3 is 2.27 bits per heavy atom. The van der Waals surface area contributed by atoms with Gasteiger partial charge in [-0.1, -0.05) is 36.8 Å². The SMILES string of the molecule is CC[C@@H](C(=O)NC(C)(C)C)N(Cc1cccc(OC)c1)C(=O)CCCN(c1ccc(C)cc1)S(C)(=O)=O. The van der Waals surface area contributed by atoms with Gasteiger partial charge in [0.25, 0.3) is 0 Å². The minimum Gasteiger partial charge on any atom is -0.497 e. The van der Waals surface area contributed by atoms with E-state index in [1.54, 1.807) is 24.1 Å². The van der Waals surface area contributed by atoms with Crippen molar-refractivity contribution >= 4 is 27.5 Å². The average Bonchev–Trinajstić information content (AvgIpc) is 2.80. The first kappa shape index (κ1) is 30.2. The number of ether oxygens (including phenoxy) is 1. The molecule has 1 N–H and O–H groups in total. The van der Waals surface area contributed by atoms with E-state index in [2.05, 4.69) is 5.32 Å². The number of carbonyl (C=O) groups is 2. The van der Waals surface area contributed by atoms with Crippen molar-refractivity contribution < 1.29 is 22.7 Å². The van der Waals surface area contributed by atoms with Gasteiger partial charge in [-0.05, 0) is 70.4 Å². The molecule has 0 radical (unpaired) electrons. The van der Waals surface area contributed by atoms with E-state index in [1.807, 2.05) is 71.0 Å². The van der Waals surface area contributed by atoms with Crippen LogP contribution in [0.2, 0.25) is 0 Å². The number of hydrogen-bond donors (Lipinski definition) is 1. The molecule has 9 heteroatoms. The molecule has 2 aromatic carbocycles. The summed E-state index contributed by atoms with van der Waals surface area (Å²) in [4.78, 5) is 28.3. The lowest BCUT2D eigenvalue weighted by molar-refractivity contribution is -0.142. The Morgan fingerprint density at radius 2 is 1.73 bits per heavy atom. The highest BCUT2D eigenvalue weighted by Gasteiger charge is 2.30. The number of nitrogens with one attached hydrogen (secondary N) is 1. The lowest BCUT2D eigenvalue weighted by atomic mass is 10.0. The van der Waals surface area contributed by atoms with E-state index >= 15 is 0 Å². The number of amides is 2. The zero-order chi connectivity index (χ0) is 27.8. The molecule has 0 spiro atoms. The normalized spacial score (nSPS) is 12.5. The van der Waals surface area contributed by atoms with Crippen molar-refractivity contribution in [2.24, 2.45) is 0 Å².